The highest BCUT2D eigenvalue weighted by molar-refractivity contribution is 5.10. The number of nitrogens with zero attached hydrogens (tertiary/aromatic N) is 1. The molecule has 4 aliphatic rings. The standard InChI is InChI=1S/C37H63N3/c1-27(2)11-10-12-28(3)33-16-17-34-32-15-14-29-25-30(18-20-36(29,4)35(32)19-21-37(33,34)5)39-24-9-8-22-38-26-31-13-6-7-23-40-31/h6-7,13,23,27-30,32-35,38-39H,8-12,14-22,24-26H2,1-5H3/t28-,29?,30+,32+,33-,34+,35+,36+,37-/m1/s1. The number of nitrogens with one attached hydrogen (secondary N) is 2. The summed E-state index contributed by atoms with van der Waals surface area (Å²) in [5.41, 5.74) is 2.38. The summed E-state index contributed by atoms with van der Waals surface area (Å²) in [6, 6.07) is 6.92. The van der Waals surface area contributed by atoms with E-state index in [1.165, 1.54) is 90.0 Å². The Kier molecular flexibility index (Phi) is 10.4. The van der Waals surface area contributed by atoms with Gasteiger partial charge in [0.15, 0.2) is 0 Å². The molecule has 5 rings (SSSR count). The Morgan fingerprint density at radius 2 is 1.65 bits per heavy atom. The molecule has 226 valence electrons. The molecule has 0 bridgehead atoms. The Balaban J connectivity index is 1.06. The van der Waals surface area contributed by atoms with Crippen LogP contribution >= 0.6 is 0 Å². The molecular formula is C37H63N3. The first-order valence-electron chi connectivity index (χ1n) is 17.6. The van der Waals surface area contributed by atoms with E-state index in [4.69, 9.17) is 0 Å². The van der Waals surface area contributed by atoms with Crippen molar-refractivity contribution in [3.8, 4) is 0 Å². The summed E-state index contributed by atoms with van der Waals surface area (Å²) in [4.78, 5) is 4.41. The third-order valence-electron chi connectivity index (χ3n) is 13.1. The van der Waals surface area contributed by atoms with E-state index in [2.05, 4.69) is 62.4 Å². The van der Waals surface area contributed by atoms with Gasteiger partial charge in [-0.25, -0.2) is 0 Å². The maximum Gasteiger partial charge on any atom is 0.0541 e. The normalized spacial score (nSPS) is 38.0. The molecule has 3 nitrogen and oxygen atoms in total. The zero-order valence-electron chi connectivity index (χ0n) is 26.9. The number of unbranched alkanes of at least 4 members (excludes halogenated alkanes) is 1. The molecule has 3 heteroatoms. The molecule has 4 aliphatic carbocycles. The van der Waals surface area contributed by atoms with E-state index in [1.54, 1.807) is 6.42 Å². The summed E-state index contributed by atoms with van der Waals surface area (Å²) in [7, 11) is 0. The summed E-state index contributed by atoms with van der Waals surface area (Å²) >= 11 is 0. The SMILES string of the molecule is CC(C)CCC[C@@H](C)[C@H]1CC[C@H]2[C@@H]3CCC4C[C@@H](NCCCCNCc5ccccn5)CC[C@]4(C)[C@H]3CC[C@]12C. The Labute approximate surface area is 247 Å². The number of fused-ring (bicyclic) bond motifs is 5. The molecule has 0 spiro atoms. The minimum atomic E-state index is 0.610. The third-order valence-corrected chi connectivity index (χ3v) is 13.1. The summed E-state index contributed by atoms with van der Waals surface area (Å²) in [5.74, 6) is 6.78. The van der Waals surface area contributed by atoms with Gasteiger partial charge in [-0.15, -0.1) is 0 Å². The van der Waals surface area contributed by atoms with Crippen LogP contribution in [0.4, 0.5) is 0 Å². The van der Waals surface area contributed by atoms with Crippen LogP contribution in [0.15, 0.2) is 24.4 Å². The van der Waals surface area contributed by atoms with Crippen LogP contribution in [-0.4, -0.2) is 24.1 Å². The van der Waals surface area contributed by atoms with Crippen LogP contribution < -0.4 is 10.6 Å². The van der Waals surface area contributed by atoms with Gasteiger partial charge in [0, 0.05) is 18.8 Å². The number of pyridine rings is 1. The smallest absolute Gasteiger partial charge is 0.0541 e. The zero-order chi connectivity index (χ0) is 28.2. The molecule has 4 fully saturated rings. The summed E-state index contributed by atoms with van der Waals surface area (Å²) in [5, 5.41) is 7.56. The van der Waals surface area contributed by atoms with Crippen molar-refractivity contribution in [3.63, 3.8) is 0 Å². The van der Waals surface area contributed by atoms with Gasteiger partial charge >= 0.3 is 0 Å². The van der Waals surface area contributed by atoms with Crippen molar-refractivity contribution in [2.75, 3.05) is 13.1 Å². The van der Waals surface area contributed by atoms with E-state index in [0.29, 0.717) is 10.8 Å². The molecule has 1 aromatic rings. The highest BCUT2D eigenvalue weighted by Crippen LogP contribution is 2.68. The van der Waals surface area contributed by atoms with E-state index in [-0.39, 0.29) is 0 Å². The van der Waals surface area contributed by atoms with Crippen LogP contribution in [-0.2, 0) is 6.54 Å². The molecule has 1 heterocycles. The van der Waals surface area contributed by atoms with Crippen LogP contribution in [0.25, 0.3) is 0 Å². The molecule has 4 saturated carbocycles. The zero-order valence-corrected chi connectivity index (χ0v) is 26.9. The van der Waals surface area contributed by atoms with Crippen molar-refractivity contribution in [1.82, 2.24) is 15.6 Å². The van der Waals surface area contributed by atoms with Crippen LogP contribution in [0.3, 0.4) is 0 Å². The first-order valence-corrected chi connectivity index (χ1v) is 17.6. The topological polar surface area (TPSA) is 37.0 Å². The Bertz CT molecular complexity index is 900. The lowest BCUT2D eigenvalue weighted by Gasteiger charge is -2.61. The van der Waals surface area contributed by atoms with Crippen LogP contribution in [0.5, 0.6) is 0 Å². The number of hydrogen-bond donors (Lipinski definition) is 2. The molecule has 0 amide bonds. The average Bonchev–Trinajstić information content (AvgIpc) is 3.30. The number of hydrogen-bond acceptors (Lipinski definition) is 3. The Morgan fingerprint density at radius 3 is 2.45 bits per heavy atom. The fraction of sp³-hybridized carbons (Fsp3) is 0.865. The Morgan fingerprint density at radius 1 is 0.850 bits per heavy atom. The molecule has 1 unspecified atom stereocenters. The monoisotopic (exact) mass is 550 g/mol. The van der Waals surface area contributed by atoms with Gasteiger partial charge in [-0.2, -0.15) is 0 Å². The molecule has 40 heavy (non-hydrogen) atoms. The second-order valence-corrected chi connectivity index (χ2v) is 15.8. The maximum atomic E-state index is 4.41. The van der Waals surface area contributed by atoms with Crippen molar-refractivity contribution in [2.24, 2.45) is 52.3 Å². The molecule has 2 N–H and O–H groups in total. The second-order valence-electron chi connectivity index (χ2n) is 15.8. The molecule has 0 radical (unpaired) electrons. The van der Waals surface area contributed by atoms with Gasteiger partial charge in [-0.05, 0) is 148 Å². The summed E-state index contributed by atoms with van der Waals surface area (Å²) in [6.07, 6.45) is 22.2. The molecule has 1 aromatic heterocycles. The van der Waals surface area contributed by atoms with E-state index in [9.17, 15) is 0 Å². The van der Waals surface area contributed by atoms with E-state index < -0.39 is 0 Å². The molecule has 0 saturated heterocycles. The minimum absolute atomic E-state index is 0.610. The highest BCUT2D eigenvalue weighted by atomic mass is 14.9. The molecule has 0 aromatic carbocycles. The predicted octanol–water partition coefficient (Wildman–Crippen LogP) is 9.03. The van der Waals surface area contributed by atoms with Gasteiger partial charge in [0.05, 0.1) is 5.69 Å². The van der Waals surface area contributed by atoms with Crippen molar-refractivity contribution in [2.45, 2.75) is 137 Å². The predicted molar refractivity (Wildman–Crippen MR) is 170 cm³/mol. The van der Waals surface area contributed by atoms with Crippen LogP contribution in [0.1, 0.15) is 130 Å². The first-order chi connectivity index (χ1) is 19.3. The van der Waals surface area contributed by atoms with Gasteiger partial charge in [-0.3, -0.25) is 4.98 Å². The second kappa shape index (κ2) is 13.6. The van der Waals surface area contributed by atoms with Gasteiger partial charge in [0.1, 0.15) is 0 Å². The van der Waals surface area contributed by atoms with Crippen LogP contribution in [0, 0.1) is 52.3 Å². The fourth-order valence-corrected chi connectivity index (χ4v) is 10.9. The third kappa shape index (κ3) is 6.66. The van der Waals surface area contributed by atoms with Gasteiger partial charge < -0.3 is 10.6 Å². The summed E-state index contributed by atoms with van der Waals surface area (Å²) < 4.78 is 0. The molecular weight excluding hydrogens is 486 g/mol. The largest absolute Gasteiger partial charge is 0.314 e. The van der Waals surface area contributed by atoms with Crippen molar-refractivity contribution >= 4 is 0 Å². The quantitative estimate of drug-likeness (QED) is 0.241. The lowest BCUT2D eigenvalue weighted by molar-refractivity contribution is -0.118. The van der Waals surface area contributed by atoms with Crippen molar-refractivity contribution in [1.29, 1.82) is 0 Å². The molecule has 9 atom stereocenters. The number of rotatable bonds is 13. The molecule has 0 aliphatic heterocycles. The van der Waals surface area contributed by atoms with Gasteiger partial charge in [0.2, 0.25) is 0 Å². The fourth-order valence-electron chi connectivity index (χ4n) is 10.9. The highest BCUT2D eigenvalue weighted by Gasteiger charge is 2.60. The first kappa shape index (κ1) is 30.5. The van der Waals surface area contributed by atoms with E-state index in [1.807, 2.05) is 12.3 Å². The Hall–Kier alpha value is -0.930. The van der Waals surface area contributed by atoms with Gasteiger partial charge in [0.25, 0.3) is 0 Å². The minimum Gasteiger partial charge on any atom is -0.314 e. The maximum absolute atomic E-state index is 4.41. The average molecular weight is 550 g/mol. The van der Waals surface area contributed by atoms with Crippen molar-refractivity contribution in [3.05, 3.63) is 30.1 Å². The van der Waals surface area contributed by atoms with E-state index >= 15 is 0 Å². The van der Waals surface area contributed by atoms with Crippen molar-refractivity contribution < 1.29 is 0 Å². The number of aromatic nitrogens is 1. The van der Waals surface area contributed by atoms with Crippen LogP contribution in [0.2, 0.25) is 0 Å². The summed E-state index contributed by atoms with van der Waals surface area (Å²) in [6.45, 7) is 16.1. The van der Waals surface area contributed by atoms with E-state index in [0.717, 1.165) is 66.3 Å². The lowest BCUT2D eigenvalue weighted by atomic mass is 9.44. The van der Waals surface area contributed by atoms with Gasteiger partial charge in [-0.1, -0.05) is 59.9 Å². The lowest BCUT2D eigenvalue weighted by Crippen LogP contribution is -2.55.